The molecule has 18 heavy (non-hydrogen) atoms. The monoisotopic (exact) mass is 437 g/mol. The fraction of sp³-hybridized carbons (Fsp3) is 0.231. The van der Waals surface area contributed by atoms with Crippen LogP contribution in [0, 0.1) is 2.88 Å². The van der Waals surface area contributed by atoms with E-state index in [9.17, 15) is 0 Å². The maximum atomic E-state index is 6.24. The highest BCUT2D eigenvalue weighted by Crippen LogP contribution is 2.28. The quantitative estimate of drug-likeness (QED) is 0.721. The minimum absolute atomic E-state index is 0.0215. The van der Waals surface area contributed by atoms with Gasteiger partial charge in [0.05, 0.1) is 9.99 Å². The van der Waals surface area contributed by atoms with Crippen LogP contribution in [-0.4, -0.2) is 7.11 Å². The van der Waals surface area contributed by atoms with Crippen molar-refractivity contribution in [3.05, 3.63) is 48.1 Å². The molecule has 0 aliphatic heterocycles. The van der Waals surface area contributed by atoms with E-state index in [1.807, 2.05) is 18.2 Å². The first-order valence-electron chi connectivity index (χ1n) is 5.42. The van der Waals surface area contributed by atoms with Crippen LogP contribution in [0.4, 0.5) is 0 Å². The third kappa shape index (κ3) is 3.46. The van der Waals surface area contributed by atoms with Crippen molar-refractivity contribution in [2.45, 2.75) is 12.5 Å². The van der Waals surface area contributed by atoms with Crippen LogP contribution in [0.15, 0.2) is 34.1 Å². The van der Waals surface area contributed by atoms with Crippen molar-refractivity contribution in [3.8, 4) is 5.75 Å². The molecule has 2 rings (SSSR count). The van der Waals surface area contributed by atoms with Gasteiger partial charge in [0.15, 0.2) is 0 Å². The lowest BCUT2D eigenvalue weighted by Gasteiger charge is -2.12. The molecule has 1 unspecified atom stereocenters. The molecule has 1 atom stereocenters. The highest BCUT2D eigenvalue weighted by molar-refractivity contribution is 14.1. The number of benzene rings is 1. The van der Waals surface area contributed by atoms with Gasteiger partial charge in [-0.05, 0) is 69.8 Å². The van der Waals surface area contributed by atoms with E-state index in [0.29, 0.717) is 0 Å². The van der Waals surface area contributed by atoms with E-state index in [0.717, 1.165) is 16.6 Å². The van der Waals surface area contributed by atoms with Gasteiger partial charge in [-0.2, -0.15) is 0 Å². The van der Waals surface area contributed by atoms with E-state index in [1.54, 1.807) is 18.4 Å². The number of thiophene rings is 1. The smallest absolute Gasteiger partial charge is 0.119 e. The second kappa shape index (κ2) is 6.36. The van der Waals surface area contributed by atoms with Gasteiger partial charge in [-0.15, -0.1) is 11.3 Å². The third-order valence-corrected chi connectivity index (χ3v) is 5.29. The number of hydrogen-bond donors (Lipinski definition) is 1. The minimum Gasteiger partial charge on any atom is -0.497 e. The van der Waals surface area contributed by atoms with Crippen molar-refractivity contribution < 1.29 is 4.74 Å². The highest BCUT2D eigenvalue weighted by atomic mass is 127. The number of hydrogen-bond acceptors (Lipinski definition) is 3. The molecule has 0 bridgehead atoms. The van der Waals surface area contributed by atoms with Crippen LogP contribution < -0.4 is 10.5 Å². The van der Waals surface area contributed by atoms with E-state index in [4.69, 9.17) is 10.5 Å². The molecule has 2 aromatic rings. The lowest BCUT2D eigenvalue weighted by molar-refractivity contribution is 0.414. The number of rotatable bonds is 4. The van der Waals surface area contributed by atoms with Crippen molar-refractivity contribution in [2.24, 2.45) is 5.73 Å². The van der Waals surface area contributed by atoms with Crippen molar-refractivity contribution >= 4 is 49.9 Å². The Hall–Kier alpha value is -0.110. The maximum absolute atomic E-state index is 6.24. The van der Waals surface area contributed by atoms with Crippen LogP contribution >= 0.6 is 49.9 Å². The summed E-state index contributed by atoms with van der Waals surface area (Å²) in [5.41, 5.74) is 8.61. The van der Waals surface area contributed by atoms with Gasteiger partial charge in [0, 0.05) is 10.5 Å². The number of ether oxygens (including phenoxy) is 1. The molecule has 0 aliphatic carbocycles. The summed E-state index contributed by atoms with van der Waals surface area (Å²) >= 11 is 7.60. The summed E-state index contributed by atoms with van der Waals surface area (Å²) < 4.78 is 7.58. The molecule has 5 heteroatoms. The molecule has 1 heterocycles. The highest BCUT2D eigenvalue weighted by Gasteiger charge is 2.11. The zero-order valence-corrected chi connectivity index (χ0v) is 14.4. The summed E-state index contributed by atoms with van der Waals surface area (Å²) in [5, 5.41) is 2.13. The second-order valence-electron chi connectivity index (χ2n) is 3.95. The van der Waals surface area contributed by atoms with Gasteiger partial charge in [0.2, 0.25) is 0 Å². The zero-order chi connectivity index (χ0) is 13.1. The molecule has 2 N–H and O–H groups in total. The number of methoxy groups -OCH3 is 1. The van der Waals surface area contributed by atoms with Crippen molar-refractivity contribution in [1.82, 2.24) is 0 Å². The molecule has 1 aromatic heterocycles. The molecule has 2 nitrogen and oxygen atoms in total. The molecule has 1 aromatic carbocycles. The third-order valence-electron chi connectivity index (χ3n) is 2.71. The summed E-state index contributed by atoms with van der Waals surface area (Å²) in [6.07, 6.45) is 0.796. The molecule has 0 aliphatic rings. The molecule has 0 saturated carbocycles. The minimum atomic E-state index is 0.0215. The normalized spacial score (nSPS) is 12.4. The number of nitrogens with two attached hydrogens (primary N) is 1. The fourth-order valence-corrected chi connectivity index (χ4v) is 3.55. The fourth-order valence-electron chi connectivity index (χ4n) is 1.71. The van der Waals surface area contributed by atoms with Crippen LogP contribution in [0.3, 0.4) is 0 Å². The summed E-state index contributed by atoms with van der Waals surface area (Å²) in [4.78, 5) is 0. The molecule has 0 fully saturated rings. The Labute approximate surface area is 133 Å². The van der Waals surface area contributed by atoms with E-state index in [-0.39, 0.29) is 6.04 Å². The summed E-state index contributed by atoms with van der Waals surface area (Å²) in [5.74, 6) is 0.861. The van der Waals surface area contributed by atoms with Gasteiger partial charge in [-0.3, -0.25) is 0 Å². The summed E-state index contributed by atoms with van der Waals surface area (Å²) in [7, 11) is 1.67. The van der Waals surface area contributed by atoms with E-state index in [2.05, 4.69) is 50.0 Å². The lowest BCUT2D eigenvalue weighted by atomic mass is 10.0. The predicted octanol–water partition coefficient (Wildman–Crippen LogP) is 4.37. The van der Waals surface area contributed by atoms with Gasteiger partial charge in [0.25, 0.3) is 0 Å². The average molecular weight is 438 g/mol. The van der Waals surface area contributed by atoms with Gasteiger partial charge in [-0.1, -0.05) is 15.9 Å². The first-order chi connectivity index (χ1) is 8.60. The SMILES string of the molecule is COc1ccc(Br)c(CC(N)c2csc(I)c2)c1. The van der Waals surface area contributed by atoms with E-state index in [1.165, 1.54) is 14.0 Å². The van der Waals surface area contributed by atoms with Gasteiger partial charge in [0.1, 0.15) is 5.75 Å². The maximum Gasteiger partial charge on any atom is 0.119 e. The van der Waals surface area contributed by atoms with Crippen molar-refractivity contribution in [3.63, 3.8) is 0 Å². The summed E-state index contributed by atoms with van der Waals surface area (Å²) in [6, 6.07) is 8.13. The molecular weight excluding hydrogens is 425 g/mol. The Balaban J connectivity index is 2.18. The van der Waals surface area contributed by atoms with Gasteiger partial charge in [-0.25, -0.2) is 0 Å². The first-order valence-corrected chi connectivity index (χ1v) is 8.17. The van der Waals surface area contributed by atoms with Crippen molar-refractivity contribution in [1.29, 1.82) is 0 Å². The number of halogens is 2. The van der Waals surface area contributed by atoms with Crippen molar-refractivity contribution in [2.75, 3.05) is 7.11 Å². The Kier molecular flexibility index (Phi) is 5.06. The Morgan fingerprint density at radius 3 is 2.83 bits per heavy atom. The first kappa shape index (κ1) is 14.3. The van der Waals surface area contributed by atoms with Crippen LogP contribution in [-0.2, 0) is 6.42 Å². The Morgan fingerprint density at radius 2 is 2.22 bits per heavy atom. The molecule has 0 spiro atoms. The van der Waals surface area contributed by atoms with Crippen LogP contribution in [0.25, 0.3) is 0 Å². The average Bonchev–Trinajstić information content (AvgIpc) is 2.79. The topological polar surface area (TPSA) is 35.2 Å². The van der Waals surface area contributed by atoms with Gasteiger partial charge >= 0.3 is 0 Å². The largest absolute Gasteiger partial charge is 0.497 e. The predicted molar refractivity (Wildman–Crippen MR) is 88.4 cm³/mol. The molecule has 0 saturated heterocycles. The second-order valence-corrected chi connectivity index (χ2v) is 7.61. The summed E-state index contributed by atoms with van der Waals surface area (Å²) in [6.45, 7) is 0. The van der Waals surface area contributed by atoms with E-state index < -0.39 is 0 Å². The molecule has 0 radical (unpaired) electrons. The molecular formula is C13H13BrINOS. The van der Waals surface area contributed by atoms with Crippen LogP contribution in [0.2, 0.25) is 0 Å². The Morgan fingerprint density at radius 1 is 1.44 bits per heavy atom. The lowest BCUT2D eigenvalue weighted by Crippen LogP contribution is -2.12. The van der Waals surface area contributed by atoms with Gasteiger partial charge < -0.3 is 10.5 Å². The molecule has 96 valence electrons. The van der Waals surface area contributed by atoms with E-state index >= 15 is 0 Å². The van der Waals surface area contributed by atoms with Crippen LogP contribution in [0.5, 0.6) is 5.75 Å². The standard InChI is InChI=1S/C13H13BrINOS/c1-17-10-2-3-11(14)8(4-10)5-12(16)9-6-13(15)18-7-9/h2-4,6-7,12H,5,16H2,1H3. The van der Waals surface area contributed by atoms with Crippen LogP contribution in [0.1, 0.15) is 17.2 Å². The Bertz CT molecular complexity index is 544. The zero-order valence-electron chi connectivity index (χ0n) is 9.82. The molecule has 0 amide bonds.